The standard InChI is InChI=1S/C16H32N4O2/c1-15(2)3-5-18-7-9-20(10-8-18)16(21)17-4-6-19-11-13-22-14-12-19/h15H,3-14H2,1-2H3,(H,17,21). The molecule has 0 aromatic carbocycles. The van der Waals surface area contributed by atoms with E-state index in [9.17, 15) is 4.79 Å². The van der Waals surface area contributed by atoms with Crippen LogP contribution in [-0.4, -0.2) is 92.8 Å². The van der Waals surface area contributed by atoms with E-state index in [0.29, 0.717) is 0 Å². The van der Waals surface area contributed by atoms with E-state index in [1.54, 1.807) is 0 Å². The molecule has 2 saturated heterocycles. The van der Waals surface area contributed by atoms with Crippen LogP contribution in [-0.2, 0) is 4.74 Å². The molecule has 2 aliphatic heterocycles. The maximum atomic E-state index is 12.2. The van der Waals surface area contributed by atoms with E-state index in [4.69, 9.17) is 4.74 Å². The fourth-order valence-corrected chi connectivity index (χ4v) is 2.87. The summed E-state index contributed by atoms with van der Waals surface area (Å²) < 4.78 is 5.32. The van der Waals surface area contributed by atoms with Gasteiger partial charge in [-0.2, -0.15) is 0 Å². The van der Waals surface area contributed by atoms with Crippen LogP contribution in [0.3, 0.4) is 0 Å². The maximum absolute atomic E-state index is 12.2. The second-order valence-electron chi connectivity index (χ2n) is 6.70. The van der Waals surface area contributed by atoms with Gasteiger partial charge >= 0.3 is 6.03 Å². The van der Waals surface area contributed by atoms with Gasteiger partial charge in [0.1, 0.15) is 0 Å². The topological polar surface area (TPSA) is 48.0 Å². The zero-order valence-electron chi connectivity index (χ0n) is 14.2. The molecule has 0 radical (unpaired) electrons. The van der Waals surface area contributed by atoms with Crippen molar-refractivity contribution in [1.29, 1.82) is 0 Å². The summed E-state index contributed by atoms with van der Waals surface area (Å²) in [5.74, 6) is 0.751. The third-order valence-electron chi connectivity index (χ3n) is 4.49. The van der Waals surface area contributed by atoms with Crippen molar-refractivity contribution in [2.24, 2.45) is 5.92 Å². The number of piperazine rings is 1. The number of ether oxygens (including phenoxy) is 1. The number of hydrogen-bond donors (Lipinski definition) is 1. The molecular weight excluding hydrogens is 280 g/mol. The summed E-state index contributed by atoms with van der Waals surface area (Å²) in [7, 11) is 0. The first-order chi connectivity index (χ1) is 10.6. The maximum Gasteiger partial charge on any atom is 0.317 e. The Bertz CT molecular complexity index is 324. The third kappa shape index (κ3) is 6.10. The minimum absolute atomic E-state index is 0.0942. The smallest absolute Gasteiger partial charge is 0.317 e. The SMILES string of the molecule is CC(C)CCN1CCN(C(=O)NCCN2CCOCC2)CC1. The highest BCUT2D eigenvalue weighted by atomic mass is 16.5. The lowest BCUT2D eigenvalue weighted by Crippen LogP contribution is -2.52. The van der Waals surface area contributed by atoms with E-state index in [0.717, 1.165) is 78.0 Å². The van der Waals surface area contributed by atoms with Crippen LogP contribution in [0.4, 0.5) is 4.79 Å². The van der Waals surface area contributed by atoms with E-state index in [1.807, 2.05) is 4.90 Å². The van der Waals surface area contributed by atoms with Gasteiger partial charge < -0.3 is 15.0 Å². The van der Waals surface area contributed by atoms with Gasteiger partial charge in [0.15, 0.2) is 0 Å². The summed E-state index contributed by atoms with van der Waals surface area (Å²) in [6, 6.07) is 0.0942. The molecule has 0 aromatic heterocycles. The summed E-state index contributed by atoms with van der Waals surface area (Å²) in [6.07, 6.45) is 1.24. The number of carbonyl (C=O) groups excluding carboxylic acids is 1. The van der Waals surface area contributed by atoms with Gasteiger partial charge in [-0.3, -0.25) is 9.80 Å². The van der Waals surface area contributed by atoms with Crippen molar-refractivity contribution in [3.8, 4) is 0 Å². The highest BCUT2D eigenvalue weighted by Gasteiger charge is 2.20. The van der Waals surface area contributed by atoms with Gasteiger partial charge in [-0.25, -0.2) is 4.79 Å². The average molecular weight is 312 g/mol. The molecular formula is C16H32N4O2. The number of nitrogens with one attached hydrogen (secondary N) is 1. The Morgan fingerprint density at radius 2 is 1.64 bits per heavy atom. The molecule has 0 spiro atoms. The zero-order chi connectivity index (χ0) is 15.8. The van der Waals surface area contributed by atoms with Crippen molar-refractivity contribution < 1.29 is 9.53 Å². The van der Waals surface area contributed by atoms with Crippen LogP contribution in [0.2, 0.25) is 0 Å². The predicted molar refractivity (Wildman–Crippen MR) is 88.1 cm³/mol. The molecule has 2 rings (SSSR count). The lowest BCUT2D eigenvalue weighted by molar-refractivity contribution is 0.0385. The molecule has 0 saturated carbocycles. The fourth-order valence-electron chi connectivity index (χ4n) is 2.87. The number of amides is 2. The van der Waals surface area contributed by atoms with E-state index >= 15 is 0 Å². The van der Waals surface area contributed by atoms with Gasteiger partial charge in [-0.05, 0) is 18.9 Å². The summed E-state index contributed by atoms with van der Waals surface area (Å²) in [4.78, 5) is 18.9. The molecule has 128 valence electrons. The molecule has 0 aromatic rings. The zero-order valence-corrected chi connectivity index (χ0v) is 14.2. The van der Waals surface area contributed by atoms with Crippen molar-refractivity contribution in [1.82, 2.24) is 20.0 Å². The molecule has 2 aliphatic rings. The lowest BCUT2D eigenvalue weighted by atomic mass is 10.1. The molecule has 22 heavy (non-hydrogen) atoms. The highest BCUT2D eigenvalue weighted by molar-refractivity contribution is 5.74. The van der Waals surface area contributed by atoms with Gasteiger partial charge in [0, 0.05) is 52.4 Å². The minimum Gasteiger partial charge on any atom is -0.379 e. The van der Waals surface area contributed by atoms with Crippen molar-refractivity contribution in [3.63, 3.8) is 0 Å². The summed E-state index contributed by atoms with van der Waals surface area (Å²) in [5, 5.41) is 3.05. The first-order valence-electron chi connectivity index (χ1n) is 8.70. The van der Waals surface area contributed by atoms with Gasteiger partial charge in [0.05, 0.1) is 13.2 Å². The Balaban J connectivity index is 1.56. The van der Waals surface area contributed by atoms with Crippen molar-refractivity contribution >= 4 is 6.03 Å². The average Bonchev–Trinajstić information content (AvgIpc) is 2.54. The summed E-state index contributed by atoms with van der Waals surface area (Å²) in [5.41, 5.74) is 0. The molecule has 2 amide bonds. The Morgan fingerprint density at radius 3 is 2.27 bits per heavy atom. The largest absolute Gasteiger partial charge is 0.379 e. The Morgan fingerprint density at radius 1 is 1.00 bits per heavy atom. The van der Waals surface area contributed by atoms with Crippen LogP contribution in [0.25, 0.3) is 0 Å². The van der Waals surface area contributed by atoms with Gasteiger partial charge in [-0.15, -0.1) is 0 Å². The molecule has 0 aliphatic carbocycles. The molecule has 6 heteroatoms. The molecule has 0 bridgehead atoms. The first kappa shape index (κ1) is 17.5. The van der Waals surface area contributed by atoms with Gasteiger partial charge in [0.25, 0.3) is 0 Å². The van der Waals surface area contributed by atoms with Crippen molar-refractivity contribution in [3.05, 3.63) is 0 Å². The Labute approximate surface area is 134 Å². The van der Waals surface area contributed by atoms with Crippen molar-refractivity contribution in [2.75, 3.05) is 72.1 Å². The highest BCUT2D eigenvalue weighted by Crippen LogP contribution is 2.06. The number of urea groups is 1. The number of carbonyl (C=O) groups is 1. The molecule has 2 fully saturated rings. The second kappa shape index (κ2) is 9.33. The van der Waals surface area contributed by atoms with Crippen LogP contribution >= 0.6 is 0 Å². The third-order valence-corrected chi connectivity index (χ3v) is 4.49. The van der Waals surface area contributed by atoms with Crippen LogP contribution in [0.1, 0.15) is 20.3 Å². The van der Waals surface area contributed by atoms with Crippen LogP contribution in [0.15, 0.2) is 0 Å². The molecule has 2 heterocycles. The van der Waals surface area contributed by atoms with E-state index < -0.39 is 0 Å². The molecule has 0 unspecified atom stereocenters. The number of nitrogens with zero attached hydrogens (tertiary/aromatic N) is 3. The van der Waals surface area contributed by atoms with Crippen molar-refractivity contribution in [2.45, 2.75) is 20.3 Å². The molecule has 0 atom stereocenters. The Kier molecular flexibility index (Phi) is 7.42. The van der Waals surface area contributed by atoms with E-state index in [-0.39, 0.29) is 6.03 Å². The second-order valence-corrected chi connectivity index (χ2v) is 6.70. The minimum atomic E-state index is 0.0942. The number of morpholine rings is 1. The monoisotopic (exact) mass is 312 g/mol. The van der Waals surface area contributed by atoms with Crippen LogP contribution < -0.4 is 5.32 Å². The number of hydrogen-bond acceptors (Lipinski definition) is 4. The van der Waals surface area contributed by atoms with Crippen LogP contribution in [0.5, 0.6) is 0 Å². The van der Waals surface area contributed by atoms with Gasteiger partial charge in [0.2, 0.25) is 0 Å². The quantitative estimate of drug-likeness (QED) is 0.784. The lowest BCUT2D eigenvalue weighted by Gasteiger charge is -2.35. The first-order valence-corrected chi connectivity index (χ1v) is 8.70. The normalized spacial score (nSPS) is 21.3. The molecule has 6 nitrogen and oxygen atoms in total. The predicted octanol–water partition coefficient (Wildman–Crippen LogP) is 0.692. The summed E-state index contributed by atoms with van der Waals surface area (Å²) in [6.45, 7) is 14.6. The van der Waals surface area contributed by atoms with E-state index in [1.165, 1.54) is 6.42 Å². The van der Waals surface area contributed by atoms with Crippen LogP contribution in [0, 0.1) is 5.92 Å². The van der Waals surface area contributed by atoms with E-state index in [2.05, 4.69) is 29.0 Å². The fraction of sp³-hybridized carbons (Fsp3) is 0.938. The summed E-state index contributed by atoms with van der Waals surface area (Å²) >= 11 is 0. The Hall–Kier alpha value is -0.850. The van der Waals surface area contributed by atoms with Gasteiger partial charge in [-0.1, -0.05) is 13.8 Å². The molecule has 1 N–H and O–H groups in total. The number of rotatable bonds is 6.